The van der Waals surface area contributed by atoms with E-state index in [-0.39, 0.29) is 11.5 Å². The molecular formula is C61H83N3. The van der Waals surface area contributed by atoms with E-state index < -0.39 is 0 Å². The van der Waals surface area contributed by atoms with Gasteiger partial charge in [-0.05, 0) is 146 Å². The Bertz CT molecular complexity index is 2090. The maximum Gasteiger partial charge on any atom is 0.0522 e. The molecular weight excluding hydrogens is 775 g/mol. The topological polar surface area (TPSA) is 18.8 Å². The van der Waals surface area contributed by atoms with Crippen molar-refractivity contribution in [3.63, 3.8) is 0 Å². The molecule has 0 bridgehead atoms. The molecule has 0 saturated heterocycles. The smallest absolute Gasteiger partial charge is 0.0522 e. The highest BCUT2D eigenvalue weighted by Crippen LogP contribution is 2.38. The number of aliphatic imine (C=N–C) groups is 1. The van der Waals surface area contributed by atoms with Gasteiger partial charge in [0, 0.05) is 60.0 Å². The molecule has 0 aromatic heterocycles. The van der Waals surface area contributed by atoms with E-state index in [1.807, 2.05) is 31.5 Å². The Kier molecular flexibility index (Phi) is 22.5. The van der Waals surface area contributed by atoms with Crippen LogP contribution in [-0.4, -0.2) is 23.7 Å². The zero-order valence-electron chi connectivity index (χ0n) is 41.3. The minimum absolute atomic E-state index is 0.109. The van der Waals surface area contributed by atoms with Gasteiger partial charge in [0.2, 0.25) is 0 Å². The molecule has 0 saturated carbocycles. The Morgan fingerprint density at radius 2 is 1.69 bits per heavy atom. The number of allylic oxidation sites excluding steroid dienone is 20. The van der Waals surface area contributed by atoms with Crippen LogP contribution in [-0.2, 0) is 6.42 Å². The fourth-order valence-electron chi connectivity index (χ4n) is 8.60. The molecule has 0 fully saturated rings. The number of anilines is 1. The minimum Gasteiger partial charge on any atom is -0.345 e. The van der Waals surface area contributed by atoms with E-state index >= 15 is 0 Å². The standard InChI is InChI=1S/C61H83N3/c1-11-16-18-26-54-35-41-60(42-36-54)64(59-28-20-19-24-49(6)31-38-59)58(23-13-3)39-32-51(8)55(14-4)37-33-52(9)61(10)45-22-30-57(43-46-61)63(47-44-50(7)48-62-15-5)56-29-21-27-53(34-40-56)25-17-12-2/h13-15,20-22,24,28-29,32-37,39-43,45,48,59H,3-4,11-12,16-19,23,25-27,30-31,38,44,46-47H2,1-2,5-10H3/b28-20-,49-24-,50-48-,51-32+,52-33+,55-37+,58-39+,62-15?. The van der Waals surface area contributed by atoms with Gasteiger partial charge in [0.1, 0.15) is 0 Å². The van der Waals surface area contributed by atoms with Gasteiger partial charge in [-0.25, -0.2) is 0 Å². The summed E-state index contributed by atoms with van der Waals surface area (Å²) in [6.45, 7) is 27.3. The van der Waals surface area contributed by atoms with Crippen LogP contribution in [0.2, 0.25) is 0 Å². The molecule has 0 spiro atoms. The molecule has 3 heteroatoms. The second kappa shape index (κ2) is 27.9. The number of rotatable bonds is 23. The molecule has 0 heterocycles. The number of benzene rings is 1. The third-order valence-corrected chi connectivity index (χ3v) is 13.1. The van der Waals surface area contributed by atoms with E-state index in [0.717, 1.165) is 69.9 Å². The van der Waals surface area contributed by atoms with Crippen molar-refractivity contribution in [2.24, 2.45) is 10.4 Å². The molecule has 0 radical (unpaired) electrons. The lowest BCUT2D eigenvalue weighted by atomic mass is 9.79. The Labute approximate surface area is 391 Å². The highest BCUT2D eigenvalue weighted by Gasteiger charge is 2.26. The average molecular weight is 858 g/mol. The first-order valence-electron chi connectivity index (χ1n) is 24.6. The van der Waals surface area contributed by atoms with Crippen molar-refractivity contribution in [2.45, 2.75) is 158 Å². The SMILES string of the molecule is C=CC\C(=C/C=C(C)/C(C=C)=C/C=C(\C)C1(C)C=CCC(N(CC/C(C)=C\N=CC)C2=CC=C(CCCC)CC=C2)=CC1)N(c1ccc(CCCCC)cc1)C1/C=C\C/C=C(/C)CC1. The van der Waals surface area contributed by atoms with Crippen LogP contribution in [0.5, 0.6) is 0 Å². The monoisotopic (exact) mass is 858 g/mol. The van der Waals surface area contributed by atoms with Gasteiger partial charge in [0.15, 0.2) is 0 Å². The zero-order chi connectivity index (χ0) is 46.2. The van der Waals surface area contributed by atoms with E-state index in [0.29, 0.717) is 0 Å². The summed E-state index contributed by atoms with van der Waals surface area (Å²) in [6.07, 6.45) is 57.2. The first-order chi connectivity index (χ1) is 31.0. The molecule has 3 nitrogen and oxygen atoms in total. The molecule has 0 N–H and O–H groups in total. The van der Waals surface area contributed by atoms with Crippen LogP contribution in [0.4, 0.5) is 5.69 Å². The number of nitrogens with zero attached hydrogens (tertiary/aromatic N) is 3. The Morgan fingerprint density at radius 3 is 2.42 bits per heavy atom. The Morgan fingerprint density at radius 1 is 0.891 bits per heavy atom. The first kappa shape index (κ1) is 51.5. The summed E-state index contributed by atoms with van der Waals surface area (Å²) in [6, 6.07) is 9.60. The number of hydrogen-bond donors (Lipinski definition) is 0. The van der Waals surface area contributed by atoms with Crippen LogP contribution in [0.1, 0.15) is 151 Å². The normalized spacial score (nSPS) is 21.8. The van der Waals surface area contributed by atoms with Crippen molar-refractivity contribution in [1.29, 1.82) is 0 Å². The number of hydrogen-bond acceptors (Lipinski definition) is 3. The van der Waals surface area contributed by atoms with Crippen molar-refractivity contribution in [3.8, 4) is 0 Å². The lowest BCUT2D eigenvalue weighted by Gasteiger charge is -2.35. The van der Waals surface area contributed by atoms with Crippen molar-refractivity contribution in [2.75, 3.05) is 11.4 Å². The van der Waals surface area contributed by atoms with Crippen LogP contribution < -0.4 is 4.90 Å². The fraction of sp³-hybridized carbons (Fsp3) is 0.426. The molecule has 64 heavy (non-hydrogen) atoms. The van der Waals surface area contributed by atoms with Gasteiger partial charge in [-0.3, -0.25) is 4.99 Å². The quantitative estimate of drug-likeness (QED) is 0.0473. The molecule has 1 aromatic rings. The number of unbranched alkanes of at least 4 members (excludes halogenated alkanes) is 3. The van der Waals surface area contributed by atoms with Crippen molar-refractivity contribution < 1.29 is 0 Å². The molecule has 2 unspecified atom stereocenters. The molecule has 1 aromatic carbocycles. The third-order valence-electron chi connectivity index (χ3n) is 13.1. The van der Waals surface area contributed by atoms with Crippen LogP contribution in [0.15, 0.2) is 196 Å². The zero-order valence-corrected chi connectivity index (χ0v) is 41.3. The van der Waals surface area contributed by atoms with E-state index in [2.05, 4.69) is 186 Å². The van der Waals surface area contributed by atoms with Crippen LogP contribution >= 0.6 is 0 Å². The van der Waals surface area contributed by atoms with E-state index in [1.54, 1.807) is 0 Å². The molecule has 2 atom stereocenters. The summed E-state index contributed by atoms with van der Waals surface area (Å²) < 4.78 is 0. The highest BCUT2D eigenvalue weighted by molar-refractivity contribution is 5.57. The third kappa shape index (κ3) is 16.4. The summed E-state index contributed by atoms with van der Waals surface area (Å²) in [4.78, 5) is 9.51. The lowest BCUT2D eigenvalue weighted by molar-refractivity contribution is 0.429. The van der Waals surface area contributed by atoms with E-state index in [1.165, 1.54) is 94.7 Å². The molecule has 0 amide bonds. The summed E-state index contributed by atoms with van der Waals surface area (Å²) >= 11 is 0. The summed E-state index contributed by atoms with van der Waals surface area (Å²) in [5.74, 6) is 0. The van der Waals surface area contributed by atoms with Crippen LogP contribution in [0, 0.1) is 5.41 Å². The van der Waals surface area contributed by atoms with Crippen molar-refractivity contribution in [3.05, 3.63) is 197 Å². The van der Waals surface area contributed by atoms with Crippen molar-refractivity contribution in [1.82, 2.24) is 4.90 Å². The second-order valence-electron chi connectivity index (χ2n) is 18.3. The summed E-state index contributed by atoms with van der Waals surface area (Å²) in [5, 5.41) is 0. The second-order valence-corrected chi connectivity index (χ2v) is 18.3. The fourth-order valence-corrected chi connectivity index (χ4v) is 8.60. The van der Waals surface area contributed by atoms with Crippen LogP contribution in [0.25, 0.3) is 0 Å². The van der Waals surface area contributed by atoms with E-state index in [9.17, 15) is 0 Å². The van der Waals surface area contributed by atoms with Gasteiger partial charge in [-0.15, -0.1) is 6.58 Å². The minimum atomic E-state index is -0.109. The lowest BCUT2D eigenvalue weighted by Crippen LogP contribution is -2.33. The first-order valence-corrected chi connectivity index (χ1v) is 24.6. The molecule has 342 valence electrons. The molecule has 0 aliphatic heterocycles. The maximum absolute atomic E-state index is 4.41. The van der Waals surface area contributed by atoms with Crippen molar-refractivity contribution >= 4 is 11.9 Å². The molecule has 4 rings (SSSR count). The van der Waals surface area contributed by atoms with Gasteiger partial charge in [0.05, 0.1) is 6.04 Å². The number of aryl methyl sites for hydroxylation is 1. The van der Waals surface area contributed by atoms with Gasteiger partial charge < -0.3 is 9.80 Å². The predicted octanol–water partition coefficient (Wildman–Crippen LogP) is 17.6. The molecule has 3 aliphatic carbocycles. The highest BCUT2D eigenvalue weighted by atomic mass is 15.2. The van der Waals surface area contributed by atoms with E-state index in [4.69, 9.17) is 0 Å². The van der Waals surface area contributed by atoms with Gasteiger partial charge in [-0.1, -0.05) is 160 Å². The average Bonchev–Trinajstić information content (AvgIpc) is 3.65. The van der Waals surface area contributed by atoms with Gasteiger partial charge in [-0.2, -0.15) is 0 Å². The van der Waals surface area contributed by atoms with Gasteiger partial charge in [0.25, 0.3) is 0 Å². The Balaban J connectivity index is 1.63. The summed E-state index contributed by atoms with van der Waals surface area (Å²) in [5.41, 5.74) is 14.3. The molecule has 3 aliphatic rings. The maximum atomic E-state index is 4.41. The Hall–Kier alpha value is -5.15. The largest absolute Gasteiger partial charge is 0.345 e. The summed E-state index contributed by atoms with van der Waals surface area (Å²) in [7, 11) is 0. The predicted molar refractivity (Wildman–Crippen MR) is 285 cm³/mol. The van der Waals surface area contributed by atoms with Crippen LogP contribution in [0.3, 0.4) is 0 Å². The van der Waals surface area contributed by atoms with Gasteiger partial charge >= 0.3 is 0 Å².